The zero-order chi connectivity index (χ0) is 15.4. The van der Waals surface area contributed by atoms with Crippen molar-refractivity contribution < 1.29 is 13.2 Å². The van der Waals surface area contributed by atoms with Crippen LogP contribution in [0, 0.1) is 13.8 Å². The largest absolute Gasteiger partial charge is 0.337 e. The number of carbonyl (C=O) groups is 1. The Morgan fingerprint density at radius 2 is 2.05 bits per heavy atom. The van der Waals surface area contributed by atoms with Crippen molar-refractivity contribution in [1.29, 1.82) is 0 Å². The first-order chi connectivity index (χ1) is 9.82. The molecule has 1 aromatic rings. The Balaban J connectivity index is 1.99. The van der Waals surface area contributed by atoms with Crippen molar-refractivity contribution in [2.45, 2.75) is 50.6 Å². The van der Waals surface area contributed by atoms with E-state index in [1.54, 1.807) is 13.0 Å². The topological polar surface area (TPSA) is 57.7 Å². The second-order valence-corrected chi connectivity index (χ2v) is 9.18. The van der Waals surface area contributed by atoms with Crippen LogP contribution in [0.1, 0.15) is 29.5 Å². The number of hydrogen-bond donors (Lipinski definition) is 0. The third-order valence-corrected chi connectivity index (χ3v) is 7.58. The van der Waals surface area contributed by atoms with Gasteiger partial charge in [-0.2, -0.15) is 4.31 Å². The Bertz CT molecular complexity index is 680. The lowest BCUT2D eigenvalue weighted by Gasteiger charge is -2.40. The van der Waals surface area contributed by atoms with Gasteiger partial charge in [0.05, 0.1) is 4.90 Å². The van der Waals surface area contributed by atoms with Gasteiger partial charge in [0.2, 0.25) is 15.9 Å². The molecule has 0 saturated carbocycles. The summed E-state index contributed by atoms with van der Waals surface area (Å²) in [7, 11) is -3.60. The summed E-state index contributed by atoms with van der Waals surface area (Å²) in [4.78, 5) is 16.4. The Hall–Kier alpha value is -0.920. The fourth-order valence-corrected chi connectivity index (χ4v) is 6.49. The van der Waals surface area contributed by atoms with Crippen LogP contribution < -0.4 is 0 Å². The Kier molecular flexibility index (Phi) is 3.62. The molecule has 0 bridgehead atoms. The zero-order valence-corrected chi connectivity index (χ0v) is 14.1. The lowest BCUT2D eigenvalue weighted by atomic mass is 10.1. The maximum absolute atomic E-state index is 12.9. The Labute approximate surface area is 129 Å². The van der Waals surface area contributed by atoms with Gasteiger partial charge in [0.1, 0.15) is 6.04 Å². The fourth-order valence-electron chi connectivity index (χ4n) is 3.34. The van der Waals surface area contributed by atoms with E-state index in [9.17, 15) is 13.2 Å². The van der Waals surface area contributed by atoms with Crippen LogP contribution in [0.4, 0.5) is 0 Å². The van der Waals surface area contributed by atoms with Gasteiger partial charge in [0.15, 0.2) is 0 Å². The third-order valence-electron chi connectivity index (χ3n) is 4.42. The normalized spacial score (nSPS) is 27.2. The molecule has 0 aliphatic carbocycles. The molecular formula is C14H20N2O3S2. The minimum atomic E-state index is -3.60. The van der Waals surface area contributed by atoms with E-state index in [0.29, 0.717) is 11.4 Å². The molecule has 0 unspecified atom stereocenters. The molecule has 2 aliphatic heterocycles. The van der Waals surface area contributed by atoms with Gasteiger partial charge in [-0.3, -0.25) is 4.79 Å². The maximum Gasteiger partial charge on any atom is 0.244 e. The second-order valence-electron chi connectivity index (χ2n) is 5.86. The molecule has 3 heterocycles. The monoisotopic (exact) mass is 328 g/mol. The molecule has 21 heavy (non-hydrogen) atoms. The lowest BCUT2D eigenvalue weighted by Crippen LogP contribution is -2.59. The molecule has 1 aromatic heterocycles. The van der Waals surface area contributed by atoms with E-state index in [4.69, 9.17) is 0 Å². The standard InChI is InChI=1S/C14H20N2O3S2/c1-9-7-13(11(3)20-9)21(18,19)16-8-12-5-4-6-15(12)14(17)10(16)2/h7,10,12H,4-6,8H2,1-3H3/t10-,12+/m1/s1. The Morgan fingerprint density at radius 1 is 1.33 bits per heavy atom. The molecule has 1 amide bonds. The summed E-state index contributed by atoms with van der Waals surface area (Å²) in [6, 6.07) is 1.15. The molecule has 0 radical (unpaired) electrons. The molecule has 116 valence electrons. The number of nitrogens with zero attached hydrogens (tertiary/aromatic N) is 2. The molecule has 3 rings (SSSR count). The van der Waals surface area contributed by atoms with Crippen LogP contribution in [0.5, 0.6) is 0 Å². The van der Waals surface area contributed by atoms with Gasteiger partial charge in [0.25, 0.3) is 0 Å². The van der Waals surface area contributed by atoms with Crippen LogP contribution in [-0.2, 0) is 14.8 Å². The predicted molar refractivity (Wildman–Crippen MR) is 81.9 cm³/mol. The van der Waals surface area contributed by atoms with E-state index >= 15 is 0 Å². The van der Waals surface area contributed by atoms with Gasteiger partial charge in [-0.1, -0.05) is 0 Å². The summed E-state index contributed by atoms with van der Waals surface area (Å²) in [5.74, 6) is -0.0584. The van der Waals surface area contributed by atoms with Gasteiger partial charge >= 0.3 is 0 Å². The number of piperazine rings is 1. The van der Waals surface area contributed by atoms with Gasteiger partial charge in [-0.25, -0.2) is 8.42 Å². The van der Waals surface area contributed by atoms with Crippen molar-refractivity contribution in [3.8, 4) is 0 Å². The van der Waals surface area contributed by atoms with E-state index in [1.165, 1.54) is 15.6 Å². The molecule has 0 spiro atoms. The zero-order valence-electron chi connectivity index (χ0n) is 12.5. The average molecular weight is 328 g/mol. The molecule has 5 nitrogen and oxygen atoms in total. The maximum atomic E-state index is 12.9. The van der Waals surface area contributed by atoms with Crippen molar-refractivity contribution in [3.63, 3.8) is 0 Å². The number of rotatable bonds is 2. The van der Waals surface area contributed by atoms with E-state index in [1.807, 2.05) is 18.7 Å². The minimum absolute atomic E-state index is 0.0449. The van der Waals surface area contributed by atoms with Crippen LogP contribution in [0.2, 0.25) is 0 Å². The molecule has 2 saturated heterocycles. The van der Waals surface area contributed by atoms with Crippen LogP contribution >= 0.6 is 11.3 Å². The van der Waals surface area contributed by atoms with Crippen LogP contribution in [0.15, 0.2) is 11.0 Å². The highest BCUT2D eigenvalue weighted by atomic mass is 32.2. The minimum Gasteiger partial charge on any atom is -0.337 e. The smallest absolute Gasteiger partial charge is 0.244 e. The highest BCUT2D eigenvalue weighted by Gasteiger charge is 2.45. The number of fused-ring (bicyclic) bond motifs is 1. The number of hydrogen-bond acceptors (Lipinski definition) is 4. The van der Waals surface area contributed by atoms with Crippen molar-refractivity contribution in [1.82, 2.24) is 9.21 Å². The molecule has 7 heteroatoms. The van der Waals surface area contributed by atoms with Crippen LogP contribution in [0.3, 0.4) is 0 Å². The summed E-state index contributed by atoms with van der Waals surface area (Å²) < 4.78 is 27.3. The molecule has 2 atom stereocenters. The summed E-state index contributed by atoms with van der Waals surface area (Å²) in [6.07, 6.45) is 1.86. The molecule has 0 N–H and O–H groups in total. The second kappa shape index (κ2) is 5.07. The number of thiophene rings is 1. The quantitative estimate of drug-likeness (QED) is 0.831. The summed E-state index contributed by atoms with van der Waals surface area (Å²) >= 11 is 1.48. The van der Waals surface area contributed by atoms with Crippen molar-refractivity contribution in [3.05, 3.63) is 15.8 Å². The number of amides is 1. The first-order valence-electron chi connectivity index (χ1n) is 7.21. The van der Waals surface area contributed by atoms with Gasteiger partial charge in [-0.05, 0) is 39.7 Å². The summed E-state index contributed by atoms with van der Waals surface area (Å²) in [5, 5.41) is 0. The van der Waals surface area contributed by atoms with Gasteiger partial charge in [-0.15, -0.1) is 11.3 Å². The fraction of sp³-hybridized carbons (Fsp3) is 0.643. The summed E-state index contributed by atoms with van der Waals surface area (Å²) in [5.41, 5.74) is 0. The lowest BCUT2D eigenvalue weighted by molar-refractivity contribution is -0.139. The van der Waals surface area contributed by atoms with Crippen LogP contribution in [0.25, 0.3) is 0 Å². The molecular weight excluding hydrogens is 308 g/mol. The summed E-state index contributed by atoms with van der Waals surface area (Å²) in [6.45, 7) is 6.61. The van der Waals surface area contributed by atoms with Crippen LogP contribution in [-0.4, -0.2) is 48.7 Å². The van der Waals surface area contributed by atoms with E-state index in [2.05, 4.69) is 0 Å². The number of sulfonamides is 1. The Morgan fingerprint density at radius 3 is 2.67 bits per heavy atom. The van der Waals surface area contributed by atoms with Gasteiger partial charge in [0, 0.05) is 28.9 Å². The van der Waals surface area contributed by atoms with E-state index in [-0.39, 0.29) is 11.9 Å². The number of carbonyl (C=O) groups excluding carboxylic acids is 1. The molecule has 2 aliphatic rings. The molecule has 2 fully saturated rings. The van der Waals surface area contributed by atoms with E-state index in [0.717, 1.165) is 29.1 Å². The SMILES string of the molecule is Cc1cc(S(=O)(=O)N2C[C@@H]3CCCN3C(=O)[C@H]2C)c(C)s1. The highest BCUT2D eigenvalue weighted by Crippen LogP contribution is 2.33. The first-order valence-corrected chi connectivity index (χ1v) is 9.47. The third kappa shape index (κ3) is 2.31. The van der Waals surface area contributed by atoms with E-state index < -0.39 is 16.1 Å². The van der Waals surface area contributed by atoms with Gasteiger partial charge < -0.3 is 4.90 Å². The van der Waals surface area contributed by atoms with Crippen molar-refractivity contribution in [2.24, 2.45) is 0 Å². The number of aryl methyl sites for hydroxylation is 2. The van der Waals surface area contributed by atoms with Crippen molar-refractivity contribution >= 4 is 27.3 Å². The molecule has 0 aromatic carbocycles. The first kappa shape index (κ1) is 15.0. The van der Waals surface area contributed by atoms with Crippen molar-refractivity contribution in [2.75, 3.05) is 13.1 Å². The highest BCUT2D eigenvalue weighted by molar-refractivity contribution is 7.89. The average Bonchev–Trinajstić information content (AvgIpc) is 3.00. The predicted octanol–water partition coefficient (Wildman–Crippen LogP) is 1.75.